The number of nitrogens with zero attached hydrogens (tertiary/aromatic N) is 1. The van der Waals surface area contributed by atoms with Crippen LogP contribution >= 0.6 is 0 Å². The highest BCUT2D eigenvalue weighted by Gasteiger charge is 2.16. The summed E-state index contributed by atoms with van der Waals surface area (Å²) in [5.74, 6) is -0.183. The molecule has 0 aliphatic carbocycles. The molecule has 0 saturated heterocycles. The first-order valence-electron chi connectivity index (χ1n) is 5.02. The number of nitro benzene ring substituents is 1. The largest absolute Gasteiger partial charge is 0.496 e. The van der Waals surface area contributed by atoms with Gasteiger partial charge in [0.25, 0.3) is 5.69 Å². The van der Waals surface area contributed by atoms with Crippen LogP contribution in [0.1, 0.15) is 12.0 Å². The summed E-state index contributed by atoms with van der Waals surface area (Å²) in [6.07, 6.45) is 3.01. The first-order valence-corrected chi connectivity index (χ1v) is 5.02. The van der Waals surface area contributed by atoms with E-state index in [9.17, 15) is 14.9 Å². The molecule has 4 N–H and O–H groups in total. The zero-order valence-corrected chi connectivity index (χ0v) is 9.75. The van der Waals surface area contributed by atoms with Gasteiger partial charge in [0.15, 0.2) is 0 Å². The molecule has 0 atom stereocenters. The van der Waals surface area contributed by atoms with E-state index in [1.807, 2.05) is 0 Å². The smallest absolute Gasteiger partial charge is 0.296 e. The Morgan fingerprint density at radius 3 is 2.72 bits per heavy atom. The number of amides is 1. The maximum Gasteiger partial charge on any atom is 0.296 e. The van der Waals surface area contributed by atoms with E-state index < -0.39 is 10.8 Å². The molecule has 0 bridgehead atoms. The monoisotopic (exact) mass is 251 g/mol. The van der Waals surface area contributed by atoms with Crippen LogP contribution in [-0.4, -0.2) is 17.9 Å². The first-order chi connectivity index (χ1) is 8.45. The van der Waals surface area contributed by atoms with Gasteiger partial charge in [-0.25, -0.2) is 0 Å². The van der Waals surface area contributed by atoms with Crippen LogP contribution in [-0.2, 0) is 4.79 Å². The minimum Gasteiger partial charge on any atom is -0.496 e. The lowest BCUT2D eigenvalue weighted by atomic mass is 10.1. The van der Waals surface area contributed by atoms with E-state index in [0.717, 1.165) is 0 Å². The fourth-order valence-electron chi connectivity index (χ4n) is 1.34. The van der Waals surface area contributed by atoms with E-state index in [0.29, 0.717) is 11.3 Å². The molecular weight excluding hydrogens is 238 g/mol. The highest BCUT2D eigenvalue weighted by atomic mass is 16.6. The second-order valence-corrected chi connectivity index (χ2v) is 3.48. The normalized spacial score (nSPS) is 10.5. The van der Waals surface area contributed by atoms with E-state index in [1.54, 1.807) is 6.07 Å². The molecule has 18 heavy (non-hydrogen) atoms. The van der Waals surface area contributed by atoms with E-state index >= 15 is 0 Å². The predicted octanol–water partition coefficient (Wildman–Crippen LogP) is 1.07. The van der Waals surface area contributed by atoms with Gasteiger partial charge >= 0.3 is 0 Å². The number of benzene rings is 1. The van der Waals surface area contributed by atoms with Gasteiger partial charge < -0.3 is 16.2 Å². The SMILES string of the molecule is COc1cc(C=CCC(N)=O)c(N)c([N+](=O)[O-])c1. The maximum absolute atomic E-state index is 10.8. The number of methoxy groups -OCH3 is 1. The van der Waals surface area contributed by atoms with Crippen molar-refractivity contribution in [2.75, 3.05) is 12.8 Å². The maximum atomic E-state index is 10.8. The molecule has 1 rings (SSSR count). The summed E-state index contributed by atoms with van der Waals surface area (Å²) >= 11 is 0. The minimum absolute atomic E-state index is 0.0153. The first kappa shape index (κ1) is 13.5. The van der Waals surface area contributed by atoms with Gasteiger partial charge in [-0.05, 0) is 6.07 Å². The number of nitrogens with two attached hydrogens (primary N) is 2. The molecule has 1 aromatic carbocycles. The van der Waals surface area contributed by atoms with Gasteiger partial charge in [0.1, 0.15) is 11.4 Å². The van der Waals surface area contributed by atoms with Gasteiger partial charge in [0, 0.05) is 12.0 Å². The second kappa shape index (κ2) is 5.67. The number of hydrogen-bond acceptors (Lipinski definition) is 5. The molecule has 0 fully saturated rings. The molecule has 0 aliphatic heterocycles. The lowest BCUT2D eigenvalue weighted by molar-refractivity contribution is -0.384. The van der Waals surface area contributed by atoms with Crippen molar-refractivity contribution in [3.8, 4) is 5.75 Å². The van der Waals surface area contributed by atoms with Crippen molar-refractivity contribution < 1.29 is 14.5 Å². The van der Waals surface area contributed by atoms with Crippen molar-refractivity contribution in [3.05, 3.63) is 33.9 Å². The summed E-state index contributed by atoms with van der Waals surface area (Å²) < 4.78 is 4.94. The average Bonchev–Trinajstić information content (AvgIpc) is 2.30. The number of hydrogen-bond donors (Lipinski definition) is 2. The zero-order chi connectivity index (χ0) is 13.7. The molecule has 0 heterocycles. The van der Waals surface area contributed by atoms with Gasteiger partial charge in [-0.15, -0.1) is 0 Å². The fraction of sp³-hybridized carbons (Fsp3) is 0.182. The number of anilines is 1. The average molecular weight is 251 g/mol. The molecule has 0 unspecified atom stereocenters. The number of nitro groups is 1. The summed E-state index contributed by atoms with van der Waals surface area (Å²) in [5, 5.41) is 10.8. The van der Waals surface area contributed by atoms with Gasteiger partial charge in [-0.3, -0.25) is 14.9 Å². The van der Waals surface area contributed by atoms with Crippen molar-refractivity contribution in [2.24, 2.45) is 5.73 Å². The van der Waals surface area contributed by atoms with Crippen LogP contribution in [0.5, 0.6) is 5.75 Å². The number of carbonyl (C=O) groups is 1. The van der Waals surface area contributed by atoms with E-state index in [1.165, 1.54) is 25.3 Å². The second-order valence-electron chi connectivity index (χ2n) is 3.48. The molecule has 96 valence electrons. The van der Waals surface area contributed by atoms with Crippen LogP contribution in [0.2, 0.25) is 0 Å². The van der Waals surface area contributed by atoms with Gasteiger partial charge in [-0.1, -0.05) is 12.2 Å². The summed E-state index contributed by atoms with van der Waals surface area (Å²) in [6.45, 7) is 0. The number of ether oxygens (including phenoxy) is 1. The van der Waals surface area contributed by atoms with Crippen molar-refractivity contribution in [1.82, 2.24) is 0 Å². The minimum atomic E-state index is -0.594. The van der Waals surface area contributed by atoms with Crippen LogP contribution in [0.25, 0.3) is 6.08 Å². The van der Waals surface area contributed by atoms with E-state index in [-0.39, 0.29) is 17.8 Å². The summed E-state index contributed by atoms with van der Waals surface area (Å²) in [6, 6.07) is 2.78. The molecule has 1 aromatic rings. The topological polar surface area (TPSA) is 121 Å². The van der Waals surface area contributed by atoms with Crippen LogP contribution < -0.4 is 16.2 Å². The highest BCUT2D eigenvalue weighted by molar-refractivity contribution is 5.79. The standard InChI is InChI=1S/C11H13N3O4/c1-18-8-5-7(3-2-4-10(12)15)11(13)9(6-8)14(16)17/h2-3,5-6H,4,13H2,1H3,(H2,12,15). The van der Waals surface area contributed by atoms with E-state index in [2.05, 4.69) is 0 Å². The van der Waals surface area contributed by atoms with Gasteiger partial charge in [0.2, 0.25) is 5.91 Å². The van der Waals surface area contributed by atoms with Crippen molar-refractivity contribution >= 4 is 23.4 Å². The summed E-state index contributed by atoms with van der Waals surface area (Å²) in [7, 11) is 1.39. The Labute approximate surface area is 103 Å². The Hall–Kier alpha value is -2.57. The Kier molecular flexibility index (Phi) is 4.25. The van der Waals surface area contributed by atoms with Crippen molar-refractivity contribution in [1.29, 1.82) is 0 Å². The molecular formula is C11H13N3O4. The van der Waals surface area contributed by atoms with Crippen LogP contribution in [0.15, 0.2) is 18.2 Å². The molecule has 0 aliphatic rings. The fourth-order valence-corrected chi connectivity index (χ4v) is 1.34. The Morgan fingerprint density at radius 2 is 2.22 bits per heavy atom. The third kappa shape index (κ3) is 3.21. The molecule has 7 nitrogen and oxygen atoms in total. The van der Waals surface area contributed by atoms with Crippen molar-refractivity contribution in [2.45, 2.75) is 6.42 Å². The van der Waals surface area contributed by atoms with Crippen LogP contribution in [0, 0.1) is 10.1 Å². The predicted molar refractivity (Wildman–Crippen MR) is 66.9 cm³/mol. The Morgan fingerprint density at radius 1 is 1.56 bits per heavy atom. The van der Waals surface area contributed by atoms with E-state index in [4.69, 9.17) is 16.2 Å². The third-order valence-corrected chi connectivity index (χ3v) is 2.21. The lowest BCUT2D eigenvalue weighted by Gasteiger charge is -2.05. The number of primary amides is 1. The summed E-state index contributed by atoms with van der Waals surface area (Å²) in [4.78, 5) is 20.8. The molecule has 0 radical (unpaired) electrons. The molecule has 0 saturated carbocycles. The van der Waals surface area contributed by atoms with Gasteiger partial charge in [-0.2, -0.15) is 0 Å². The zero-order valence-electron chi connectivity index (χ0n) is 9.75. The quantitative estimate of drug-likeness (QED) is 0.460. The number of rotatable bonds is 5. The van der Waals surface area contributed by atoms with Crippen molar-refractivity contribution in [3.63, 3.8) is 0 Å². The highest BCUT2D eigenvalue weighted by Crippen LogP contribution is 2.31. The Balaban J connectivity index is 3.17. The van der Waals surface area contributed by atoms with Gasteiger partial charge in [0.05, 0.1) is 18.1 Å². The number of nitrogen functional groups attached to an aromatic ring is 1. The van der Waals surface area contributed by atoms with Crippen LogP contribution in [0.3, 0.4) is 0 Å². The molecule has 1 amide bonds. The van der Waals surface area contributed by atoms with Crippen LogP contribution in [0.4, 0.5) is 11.4 Å². The Bertz CT molecular complexity index is 511. The molecule has 0 spiro atoms. The molecule has 7 heteroatoms. The third-order valence-electron chi connectivity index (χ3n) is 2.21. The number of carbonyl (C=O) groups excluding carboxylic acids is 1. The summed E-state index contributed by atoms with van der Waals surface area (Å²) in [5.41, 5.74) is 10.8. The molecule has 0 aromatic heterocycles. The lowest BCUT2D eigenvalue weighted by Crippen LogP contribution is -2.08.